The summed E-state index contributed by atoms with van der Waals surface area (Å²) in [6.07, 6.45) is 0.954. The van der Waals surface area contributed by atoms with Crippen LogP contribution in [0.4, 0.5) is 15.8 Å². The number of halogens is 1. The van der Waals surface area contributed by atoms with E-state index in [2.05, 4.69) is 5.32 Å². The summed E-state index contributed by atoms with van der Waals surface area (Å²) >= 11 is 0. The Morgan fingerprint density at radius 2 is 1.70 bits per heavy atom. The topological polar surface area (TPSA) is 139 Å². The molecule has 0 aliphatic heterocycles. The molecular formula is C27H29FN4O7S. The number of methoxy groups -OCH3 is 1. The Balaban J connectivity index is 2.09. The molecule has 0 bridgehead atoms. The summed E-state index contributed by atoms with van der Waals surface area (Å²) in [7, 11) is -1.50. The molecule has 0 saturated carbocycles. The highest BCUT2D eigenvalue weighted by molar-refractivity contribution is 7.92. The van der Waals surface area contributed by atoms with Gasteiger partial charge >= 0.3 is 0 Å². The second kappa shape index (κ2) is 13.0. The zero-order valence-corrected chi connectivity index (χ0v) is 22.9. The minimum Gasteiger partial charge on any atom is -0.495 e. The molecular weight excluding hydrogens is 543 g/mol. The largest absolute Gasteiger partial charge is 0.495 e. The smallest absolute Gasteiger partial charge is 0.271 e. The van der Waals surface area contributed by atoms with Gasteiger partial charge in [-0.2, -0.15) is 0 Å². The van der Waals surface area contributed by atoms with Crippen LogP contribution in [-0.2, 0) is 32.6 Å². The second-order valence-electron chi connectivity index (χ2n) is 8.85. The number of carbonyl (C=O) groups is 2. The molecule has 3 aromatic rings. The molecule has 0 heterocycles. The van der Waals surface area contributed by atoms with E-state index in [1.54, 1.807) is 30.3 Å². The summed E-state index contributed by atoms with van der Waals surface area (Å²) < 4.78 is 45.3. The van der Waals surface area contributed by atoms with Crippen LogP contribution in [0.1, 0.15) is 11.1 Å². The van der Waals surface area contributed by atoms with E-state index in [-0.39, 0.29) is 24.4 Å². The van der Waals surface area contributed by atoms with Crippen molar-refractivity contribution in [1.82, 2.24) is 10.2 Å². The second-order valence-corrected chi connectivity index (χ2v) is 10.8. The van der Waals surface area contributed by atoms with Crippen molar-refractivity contribution in [2.45, 2.75) is 19.0 Å². The third kappa shape index (κ3) is 7.53. The maximum absolute atomic E-state index is 13.9. The van der Waals surface area contributed by atoms with Crippen LogP contribution in [0.5, 0.6) is 5.75 Å². The van der Waals surface area contributed by atoms with E-state index in [1.807, 2.05) is 0 Å². The van der Waals surface area contributed by atoms with E-state index < -0.39 is 50.9 Å². The SMILES string of the molecule is CNC(=O)[C@@H](Cc1ccccc1)N(Cc1ccc(F)cc1)C(=O)CN(c1cc([N+](=O)[O-])ccc1OC)S(C)(=O)=O. The summed E-state index contributed by atoms with van der Waals surface area (Å²) in [4.78, 5) is 38.9. The molecule has 0 aromatic heterocycles. The van der Waals surface area contributed by atoms with Crippen LogP contribution in [0.2, 0.25) is 0 Å². The highest BCUT2D eigenvalue weighted by Gasteiger charge is 2.34. The molecule has 212 valence electrons. The van der Waals surface area contributed by atoms with E-state index in [0.29, 0.717) is 9.87 Å². The van der Waals surface area contributed by atoms with Crippen LogP contribution in [0, 0.1) is 15.9 Å². The molecule has 0 saturated heterocycles. The van der Waals surface area contributed by atoms with Crippen molar-refractivity contribution in [3.63, 3.8) is 0 Å². The minimum absolute atomic E-state index is 0.0129. The standard InChI is InChI=1S/C27H29FN4O7S/c1-29-27(34)24(15-19-7-5-4-6-8-19)30(17-20-9-11-21(28)12-10-20)26(33)18-31(40(3,37)38)23-16-22(32(35)36)13-14-25(23)39-2/h4-14,16,24H,15,17-18H2,1-3H3,(H,29,34)/t24-/m1/s1. The Morgan fingerprint density at radius 3 is 2.25 bits per heavy atom. The van der Waals surface area contributed by atoms with Crippen molar-refractivity contribution in [1.29, 1.82) is 0 Å². The van der Waals surface area contributed by atoms with Crippen molar-refractivity contribution in [3.05, 3.63) is 99.9 Å². The lowest BCUT2D eigenvalue weighted by atomic mass is 10.0. The third-order valence-electron chi connectivity index (χ3n) is 6.10. The summed E-state index contributed by atoms with van der Waals surface area (Å²) in [5.41, 5.74) is 0.616. The van der Waals surface area contributed by atoms with Gasteiger partial charge in [0.25, 0.3) is 5.69 Å². The number of rotatable bonds is 12. The highest BCUT2D eigenvalue weighted by atomic mass is 32.2. The molecule has 13 heteroatoms. The van der Waals surface area contributed by atoms with Crippen molar-refractivity contribution in [3.8, 4) is 5.75 Å². The van der Waals surface area contributed by atoms with Gasteiger partial charge in [0, 0.05) is 32.1 Å². The predicted molar refractivity (Wildman–Crippen MR) is 147 cm³/mol. The molecule has 3 rings (SSSR count). The maximum atomic E-state index is 13.9. The molecule has 0 spiro atoms. The Labute approximate surface area is 231 Å². The van der Waals surface area contributed by atoms with Gasteiger partial charge in [-0.3, -0.25) is 24.0 Å². The lowest BCUT2D eigenvalue weighted by Crippen LogP contribution is -2.52. The Morgan fingerprint density at radius 1 is 1.05 bits per heavy atom. The average Bonchev–Trinajstić information content (AvgIpc) is 2.93. The summed E-state index contributed by atoms with van der Waals surface area (Å²) in [5, 5.41) is 14.0. The van der Waals surface area contributed by atoms with Gasteiger partial charge in [-0.15, -0.1) is 0 Å². The van der Waals surface area contributed by atoms with E-state index in [9.17, 15) is 32.5 Å². The van der Waals surface area contributed by atoms with Crippen LogP contribution < -0.4 is 14.4 Å². The number of benzene rings is 3. The van der Waals surface area contributed by atoms with Crippen LogP contribution in [0.3, 0.4) is 0 Å². The molecule has 1 atom stereocenters. The van der Waals surface area contributed by atoms with Crippen LogP contribution in [0.25, 0.3) is 0 Å². The lowest BCUT2D eigenvalue weighted by molar-refractivity contribution is -0.384. The number of nitrogens with zero attached hydrogens (tertiary/aromatic N) is 3. The van der Waals surface area contributed by atoms with Gasteiger partial charge < -0.3 is 15.0 Å². The molecule has 0 radical (unpaired) electrons. The van der Waals surface area contributed by atoms with Crippen LogP contribution >= 0.6 is 0 Å². The quantitative estimate of drug-likeness (QED) is 0.260. The number of non-ortho nitro benzene ring substituents is 1. The van der Waals surface area contributed by atoms with Crippen molar-refractivity contribution < 1.29 is 32.1 Å². The highest BCUT2D eigenvalue weighted by Crippen LogP contribution is 2.34. The fraction of sp³-hybridized carbons (Fsp3) is 0.259. The van der Waals surface area contributed by atoms with E-state index in [4.69, 9.17) is 4.74 Å². The zero-order chi connectivity index (χ0) is 29.4. The maximum Gasteiger partial charge on any atom is 0.271 e. The Hall–Kier alpha value is -4.52. The first-order valence-corrected chi connectivity index (χ1v) is 13.9. The van der Waals surface area contributed by atoms with Gasteiger partial charge in [-0.1, -0.05) is 42.5 Å². The van der Waals surface area contributed by atoms with Gasteiger partial charge in [0.2, 0.25) is 21.8 Å². The van der Waals surface area contributed by atoms with Crippen molar-refractivity contribution in [2.24, 2.45) is 0 Å². The van der Waals surface area contributed by atoms with Crippen LogP contribution in [0.15, 0.2) is 72.8 Å². The van der Waals surface area contributed by atoms with Crippen LogP contribution in [-0.4, -0.2) is 63.1 Å². The molecule has 40 heavy (non-hydrogen) atoms. The molecule has 0 fully saturated rings. The number of nitrogens with one attached hydrogen (secondary N) is 1. The first-order chi connectivity index (χ1) is 18.9. The molecule has 2 amide bonds. The number of amides is 2. The number of nitro groups is 1. The molecule has 0 aliphatic carbocycles. The summed E-state index contributed by atoms with van der Waals surface area (Å²) in [6.45, 7) is -0.937. The van der Waals surface area contributed by atoms with E-state index >= 15 is 0 Å². The van der Waals surface area contributed by atoms with Gasteiger partial charge in [0.15, 0.2) is 0 Å². The number of likely N-dealkylation sites (N-methyl/N-ethyl adjacent to an activating group) is 1. The van der Waals surface area contributed by atoms with Gasteiger partial charge in [-0.25, -0.2) is 12.8 Å². The van der Waals surface area contributed by atoms with E-state index in [0.717, 1.165) is 24.0 Å². The van der Waals surface area contributed by atoms with Gasteiger partial charge in [0.05, 0.1) is 18.3 Å². The molecule has 11 nitrogen and oxygen atoms in total. The lowest BCUT2D eigenvalue weighted by Gasteiger charge is -2.33. The number of ether oxygens (including phenoxy) is 1. The fourth-order valence-electron chi connectivity index (χ4n) is 4.09. The number of carbonyl (C=O) groups excluding carboxylic acids is 2. The van der Waals surface area contributed by atoms with Crippen molar-refractivity contribution >= 4 is 33.2 Å². The number of nitro benzene ring substituents is 1. The minimum atomic E-state index is -4.18. The summed E-state index contributed by atoms with van der Waals surface area (Å²) in [6, 6.07) is 16.6. The molecule has 3 aromatic carbocycles. The Kier molecular flexibility index (Phi) is 9.78. The third-order valence-corrected chi connectivity index (χ3v) is 7.23. The first-order valence-electron chi connectivity index (χ1n) is 12.0. The fourth-order valence-corrected chi connectivity index (χ4v) is 4.93. The monoisotopic (exact) mass is 572 g/mol. The number of hydrogen-bond acceptors (Lipinski definition) is 7. The molecule has 0 unspecified atom stereocenters. The number of anilines is 1. The molecule has 0 aliphatic rings. The number of hydrogen-bond donors (Lipinski definition) is 1. The normalized spacial score (nSPS) is 11.8. The van der Waals surface area contributed by atoms with Gasteiger partial charge in [-0.05, 0) is 29.3 Å². The van der Waals surface area contributed by atoms with Crippen molar-refractivity contribution in [2.75, 3.05) is 31.3 Å². The zero-order valence-electron chi connectivity index (χ0n) is 22.1. The first kappa shape index (κ1) is 30.0. The summed E-state index contributed by atoms with van der Waals surface area (Å²) in [5.74, 6) is -1.78. The average molecular weight is 573 g/mol. The number of sulfonamides is 1. The predicted octanol–water partition coefficient (Wildman–Crippen LogP) is 2.89. The Bertz CT molecular complexity index is 1470. The van der Waals surface area contributed by atoms with E-state index in [1.165, 1.54) is 49.4 Å². The molecule has 1 N–H and O–H groups in total. The van der Waals surface area contributed by atoms with Gasteiger partial charge in [0.1, 0.15) is 29.8 Å².